The molecule has 1 rings (SSSR count). The third-order valence-electron chi connectivity index (χ3n) is 1.20. The first-order valence-corrected chi connectivity index (χ1v) is 3.27. The summed E-state index contributed by atoms with van der Waals surface area (Å²) in [5, 5.41) is 0. The number of nitrogens with one attached hydrogen (secondary N) is 1. The second-order valence-corrected chi connectivity index (χ2v) is 1.94. The molecular formula is C6H9N3O2. The van der Waals surface area contributed by atoms with Crippen molar-refractivity contribution in [2.75, 3.05) is 7.11 Å². The average Bonchev–Trinajstić information content (AvgIpc) is 2.03. The van der Waals surface area contributed by atoms with Crippen molar-refractivity contribution >= 4 is 0 Å². The largest absolute Gasteiger partial charge is 0.467 e. The van der Waals surface area contributed by atoms with Gasteiger partial charge in [-0.15, -0.1) is 4.98 Å². The Hall–Kier alpha value is -1.39. The fraction of sp³-hybridized carbons (Fsp3) is 0.500. The van der Waals surface area contributed by atoms with Gasteiger partial charge in [0.15, 0.2) is 0 Å². The minimum absolute atomic E-state index is 0.116. The van der Waals surface area contributed by atoms with Gasteiger partial charge in [-0.3, -0.25) is 4.98 Å². The number of aromatic amines is 1. The summed E-state index contributed by atoms with van der Waals surface area (Å²) >= 11 is 0. The molecule has 0 bridgehead atoms. The Kier molecular flexibility index (Phi) is 2.20. The molecule has 11 heavy (non-hydrogen) atoms. The zero-order valence-corrected chi connectivity index (χ0v) is 6.42. The van der Waals surface area contributed by atoms with Crippen LogP contribution in [0.25, 0.3) is 0 Å². The molecule has 0 aliphatic rings. The second-order valence-electron chi connectivity index (χ2n) is 1.94. The third kappa shape index (κ3) is 1.76. The van der Waals surface area contributed by atoms with E-state index in [9.17, 15) is 4.79 Å². The summed E-state index contributed by atoms with van der Waals surface area (Å²) in [4.78, 5) is 20.6. The van der Waals surface area contributed by atoms with Gasteiger partial charge in [-0.25, -0.2) is 4.79 Å². The van der Waals surface area contributed by atoms with Crippen molar-refractivity contribution in [2.24, 2.45) is 0 Å². The van der Waals surface area contributed by atoms with Crippen LogP contribution in [-0.2, 0) is 6.42 Å². The van der Waals surface area contributed by atoms with Gasteiger partial charge >= 0.3 is 11.7 Å². The molecule has 0 fully saturated rings. The van der Waals surface area contributed by atoms with E-state index in [1.54, 1.807) is 0 Å². The summed E-state index contributed by atoms with van der Waals surface area (Å²) in [6, 6.07) is 0.116. The zero-order valence-electron chi connectivity index (χ0n) is 6.42. The van der Waals surface area contributed by atoms with E-state index < -0.39 is 5.69 Å². The fourth-order valence-electron chi connectivity index (χ4n) is 0.665. The number of H-pyrrole nitrogens is 1. The van der Waals surface area contributed by atoms with Crippen LogP contribution in [0, 0.1) is 0 Å². The Morgan fingerprint density at radius 2 is 2.27 bits per heavy atom. The number of nitrogens with zero attached hydrogens (tertiary/aromatic N) is 2. The van der Waals surface area contributed by atoms with E-state index in [2.05, 4.69) is 15.0 Å². The summed E-state index contributed by atoms with van der Waals surface area (Å²) in [5.41, 5.74) is -0.423. The molecule has 0 aliphatic heterocycles. The molecule has 1 aromatic rings. The molecule has 0 radical (unpaired) electrons. The van der Waals surface area contributed by atoms with Gasteiger partial charge in [0, 0.05) is 6.42 Å². The predicted molar refractivity (Wildman–Crippen MR) is 38.6 cm³/mol. The minimum Gasteiger partial charge on any atom is -0.467 e. The molecule has 0 unspecified atom stereocenters. The van der Waals surface area contributed by atoms with Crippen molar-refractivity contribution in [3.05, 3.63) is 16.3 Å². The monoisotopic (exact) mass is 155 g/mol. The Morgan fingerprint density at radius 1 is 1.55 bits per heavy atom. The quantitative estimate of drug-likeness (QED) is 0.638. The maximum atomic E-state index is 10.7. The summed E-state index contributed by atoms with van der Waals surface area (Å²) in [7, 11) is 1.42. The van der Waals surface area contributed by atoms with Crippen molar-refractivity contribution in [1.82, 2.24) is 15.0 Å². The van der Waals surface area contributed by atoms with E-state index in [-0.39, 0.29) is 6.01 Å². The highest BCUT2D eigenvalue weighted by Crippen LogP contribution is 1.95. The Morgan fingerprint density at radius 3 is 2.82 bits per heavy atom. The Balaban J connectivity index is 3.12. The SMILES string of the molecule is CCc1nc(OC)nc(=O)[nH]1. The molecule has 0 atom stereocenters. The Bertz CT molecular complexity index is 269. The molecule has 5 nitrogen and oxygen atoms in total. The maximum absolute atomic E-state index is 10.7. The maximum Gasteiger partial charge on any atom is 0.350 e. The van der Waals surface area contributed by atoms with E-state index in [1.807, 2.05) is 6.92 Å². The highest BCUT2D eigenvalue weighted by molar-refractivity contribution is 4.94. The smallest absolute Gasteiger partial charge is 0.350 e. The number of hydrogen-bond acceptors (Lipinski definition) is 4. The van der Waals surface area contributed by atoms with E-state index in [1.165, 1.54) is 7.11 Å². The minimum atomic E-state index is -0.423. The number of methoxy groups -OCH3 is 1. The molecule has 0 amide bonds. The third-order valence-corrected chi connectivity index (χ3v) is 1.20. The van der Waals surface area contributed by atoms with Crippen molar-refractivity contribution in [3.63, 3.8) is 0 Å². The first-order valence-electron chi connectivity index (χ1n) is 3.27. The summed E-state index contributed by atoms with van der Waals surface area (Å²) in [6.45, 7) is 1.89. The van der Waals surface area contributed by atoms with E-state index in [0.29, 0.717) is 12.2 Å². The molecule has 0 saturated heterocycles. The van der Waals surface area contributed by atoms with Gasteiger partial charge in [0.1, 0.15) is 5.82 Å². The average molecular weight is 155 g/mol. The lowest BCUT2D eigenvalue weighted by molar-refractivity contribution is 0.373. The molecule has 0 aliphatic carbocycles. The standard InChI is InChI=1S/C6H9N3O2/c1-3-4-7-5(10)9-6(8-4)11-2/h3H2,1-2H3,(H,7,8,9,10). The topological polar surface area (TPSA) is 67.9 Å². The van der Waals surface area contributed by atoms with Crippen molar-refractivity contribution < 1.29 is 4.74 Å². The number of aromatic nitrogens is 3. The molecule has 1 heterocycles. The van der Waals surface area contributed by atoms with Crippen LogP contribution in [0.5, 0.6) is 6.01 Å². The van der Waals surface area contributed by atoms with Crippen molar-refractivity contribution in [1.29, 1.82) is 0 Å². The second kappa shape index (κ2) is 3.14. The molecule has 1 aromatic heterocycles. The van der Waals surface area contributed by atoms with Gasteiger partial charge in [-0.05, 0) is 0 Å². The zero-order chi connectivity index (χ0) is 8.27. The number of ether oxygens (including phenoxy) is 1. The Labute approximate surface area is 63.5 Å². The molecule has 0 spiro atoms. The van der Waals surface area contributed by atoms with Crippen LogP contribution < -0.4 is 10.4 Å². The van der Waals surface area contributed by atoms with Crippen LogP contribution in [0.1, 0.15) is 12.7 Å². The molecule has 0 saturated carbocycles. The van der Waals surface area contributed by atoms with Crippen LogP contribution in [0.4, 0.5) is 0 Å². The van der Waals surface area contributed by atoms with E-state index >= 15 is 0 Å². The van der Waals surface area contributed by atoms with Crippen LogP contribution in [0.15, 0.2) is 4.79 Å². The highest BCUT2D eigenvalue weighted by Gasteiger charge is 1.98. The van der Waals surface area contributed by atoms with E-state index in [4.69, 9.17) is 4.74 Å². The molecule has 1 N–H and O–H groups in total. The lowest BCUT2D eigenvalue weighted by atomic mass is 10.5. The molecule has 60 valence electrons. The van der Waals surface area contributed by atoms with Crippen LogP contribution in [0.2, 0.25) is 0 Å². The predicted octanol–water partition coefficient (Wildman–Crippen LogP) is -0.264. The molecular weight excluding hydrogens is 146 g/mol. The van der Waals surface area contributed by atoms with Gasteiger partial charge in [0.05, 0.1) is 7.11 Å². The number of hydrogen-bond donors (Lipinski definition) is 1. The van der Waals surface area contributed by atoms with Crippen molar-refractivity contribution in [2.45, 2.75) is 13.3 Å². The number of rotatable bonds is 2. The lowest BCUT2D eigenvalue weighted by Gasteiger charge is -1.97. The van der Waals surface area contributed by atoms with Gasteiger partial charge in [0.2, 0.25) is 0 Å². The summed E-state index contributed by atoms with van der Waals surface area (Å²) in [6.07, 6.45) is 0.661. The van der Waals surface area contributed by atoms with Crippen LogP contribution in [0.3, 0.4) is 0 Å². The highest BCUT2D eigenvalue weighted by atomic mass is 16.5. The van der Waals surface area contributed by atoms with Crippen LogP contribution >= 0.6 is 0 Å². The summed E-state index contributed by atoms with van der Waals surface area (Å²) in [5.74, 6) is 0.585. The van der Waals surface area contributed by atoms with Crippen molar-refractivity contribution in [3.8, 4) is 6.01 Å². The van der Waals surface area contributed by atoms with Crippen LogP contribution in [-0.4, -0.2) is 22.1 Å². The first kappa shape index (κ1) is 7.71. The van der Waals surface area contributed by atoms with Gasteiger partial charge in [0.25, 0.3) is 0 Å². The summed E-state index contributed by atoms with van der Waals surface area (Å²) < 4.78 is 4.70. The normalized spacial score (nSPS) is 9.64. The first-order chi connectivity index (χ1) is 5.26. The molecule has 5 heteroatoms. The van der Waals surface area contributed by atoms with Gasteiger partial charge in [-0.2, -0.15) is 4.98 Å². The number of aryl methyl sites for hydroxylation is 1. The van der Waals surface area contributed by atoms with E-state index in [0.717, 1.165) is 0 Å². The van der Waals surface area contributed by atoms with Gasteiger partial charge in [-0.1, -0.05) is 6.92 Å². The van der Waals surface area contributed by atoms with Gasteiger partial charge < -0.3 is 4.74 Å². The fourth-order valence-corrected chi connectivity index (χ4v) is 0.665. The lowest BCUT2D eigenvalue weighted by Crippen LogP contribution is -2.15. The molecule has 0 aromatic carbocycles.